The molecule has 1 aromatic heterocycles. The summed E-state index contributed by atoms with van der Waals surface area (Å²) in [6.07, 6.45) is 6.79. The molecule has 6 rings (SSSR count). The fraction of sp³-hybridized carbons (Fsp3) is 0.385. The van der Waals surface area contributed by atoms with Crippen LogP contribution in [0.25, 0.3) is 15.8 Å². The van der Waals surface area contributed by atoms with Crippen molar-refractivity contribution in [2.45, 2.75) is 101 Å². The Morgan fingerprint density at radius 1 is 0.773 bits per heavy atom. The first-order valence-corrected chi connectivity index (χ1v) is 16.8. The second-order valence-corrected chi connectivity index (χ2v) is 11.8. The molecular weight excluding hydrogens is 557 g/mol. The van der Waals surface area contributed by atoms with Crippen LogP contribution in [0.2, 0.25) is 0 Å². The molecule has 44 heavy (non-hydrogen) atoms. The molecule has 3 heterocycles. The third-order valence-corrected chi connectivity index (χ3v) is 9.01. The third kappa shape index (κ3) is 8.61. The van der Waals surface area contributed by atoms with Crippen LogP contribution in [0.5, 0.6) is 0 Å². The molecule has 5 heteroatoms. The lowest BCUT2D eigenvalue weighted by Crippen LogP contribution is -2.32. The predicted molar refractivity (Wildman–Crippen MR) is 198 cm³/mol. The zero-order chi connectivity index (χ0) is 31.5. The molecule has 0 bridgehead atoms. The van der Waals surface area contributed by atoms with E-state index in [2.05, 4.69) is 117 Å². The maximum Gasteiger partial charge on any atom is 0.123 e. The number of thioether (sulfide) groups is 1. The van der Waals surface area contributed by atoms with Gasteiger partial charge in [-0.25, -0.2) is 5.43 Å². The van der Waals surface area contributed by atoms with Crippen LogP contribution in [0.4, 0.5) is 0 Å². The number of hydrogen-bond acceptors (Lipinski definition) is 4. The molecule has 0 fully saturated rings. The topological polar surface area (TPSA) is 65.9 Å². The number of aryl methyl sites for hydroxylation is 7. The van der Waals surface area contributed by atoms with Gasteiger partial charge in [-0.05, 0) is 92.0 Å². The normalized spacial score (nSPS) is 14.6. The van der Waals surface area contributed by atoms with Gasteiger partial charge in [0.2, 0.25) is 0 Å². The number of benzene rings is 3. The Hall–Kier alpha value is -3.41. The van der Waals surface area contributed by atoms with E-state index in [9.17, 15) is 0 Å². The number of nitrogens with one attached hydrogen (secondary N) is 3. The molecule has 4 nitrogen and oxygen atoms in total. The van der Waals surface area contributed by atoms with Crippen molar-refractivity contribution < 1.29 is 0 Å². The lowest BCUT2D eigenvalue weighted by molar-refractivity contribution is 0.637. The summed E-state index contributed by atoms with van der Waals surface area (Å²) in [5, 5.41) is 1.45. The van der Waals surface area contributed by atoms with E-state index >= 15 is 0 Å². The van der Waals surface area contributed by atoms with E-state index in [1.807, 2.05) is 27.7 Å². The van der Waals surface area contributed by atoms with Gasteiger partial charge in [0, 0.05) is 21.5 Å². The van der Waals surface area contributed by atoms with Gasteiger partial charge in [0.05, 0.1) is 10.9 Å². The summed E-state index contributed by atoms with van der Waals surface area (Å²) in [5.74, 6) is 0.744. The molecule has 0 amide bonds. The maximum atomic E-state index is 5.97. The van der Waals surface area contributed by atoms with E-state index in [4.69, 9.17) is 5.73 Å². The monoisotopic (exact) mass is 612 g/mol. The van der Waals surface area contributed by atoms with Crippen molar-refractivity contribution in [1.82, 2.24) is 15.8 Å². The Kier molecular flexibility index (Phi) is 14.9. The molecule has 238 valence electrons. The Balaban J connectivity index is 0.000000292. The summed E-state index contributed by atoms with van der Waals surface area (Å²) in [4.78, 5) is 5.99. The standard InChI is InChI=1S/C20H21N3S.C14H19N.2C2H6.CH4/c1-13-11-15(8-7-14-5-3-2-4-6-14)9-10-16(13)18-12-17-19(24-18)20(21)23-22-17;1-5-6-12-11(4)15-14-10(3)8-7-9(2)13(12)14;2*1-2;/h2-6,9-12,17,22-23H,7-8,21H2,1H3;7-8,15H,5-6H2,1-4H3;2*1-2H3;1H4. The summed E-state index contributed by atoms with van der Waals surface area (Å²) in [5.41, 5.74) is 24.5. The minimum Gasteiger partial charge on any atom is -0.384 e. The molecule has 4 aromatic rings. The molecule has 1 atom stereocenters. The molecule has 0 aliphatic carbocycles. The molecule has 0 saturated heterocycles. The van der Waals surface area contributed by atoms with Crippen molar-refractivity contribution in [3.05, 3.63) is 122 Å². The van der Waals surface area contributed by atoms with Gasteiger partial charge in [-0.1, -0.05) is 121 Å². The van der Waals surface area contributed by atoms with Crippen molar-refractivity contribution in [2.75, 3.05) is 0 Å². The highest BCUT2D eigenvalue weighted by Crippen LogP contribution is 2.45. The largest absolute Gasteiger partial charge is 0.384 e. The zero-order valence-corrected chi connectivity index (χ0v) is 28.6. The number of H-pyrrole nitrogens is 1. The summed E-state index contributed by atoms with van der Waals surface area (Å²) < 4.78 is 0. The number of aromatic nitrogens is 1. The minimum absolute atomic E-state index is 0. The Morgan fingerprint density at radius 2 is 1.43 bits per heavy atom. The van der Waals surface area contributed by atoms with Crippen molar-refractivity contribution in [1.29, 1.82) is 0 Å². The van der Waals surface area contributed by atoms with Crippen LogP contribution in [0.1, 0.15) is 93.1 Å². The fourth-order valence-corrected chi connectivity index (χ4v) is 6.79. The summed E-state index contributed by atoms with van der Waals surface area (Å²) in [7, 11) is 0. The van der Waals surface area contributed by atoms with Crippen LogP contribution in [0, 0.1) is 27.7 Å². The highest BCUT2D eigenvalue weighted by Gasteiger charge is 2.30. The first-order chi connectivity index (χ1) is 20.9. The number of rotatable bonds is 6. The minimum atomic E-state index is 0. The smallest absolute Gasteiger partial charge is 0.123 e. The van der Waals surface area contributed by atoms with Crippen molar-refractivity contribution in [2.24, 2.45) is 5.73 Å². The second kappa shape index (κ2) is 17.8. The molecule has 0 saturated carbocycles. The van der Waals surface area contributed by atoms with E-state index in [0.717, 1.165) is 18.7 Å². The van der Waals surface area contributed by atoms with Crippen LogP contribution in [-0.4, -0.2) is 11.0 Å². The van der Waals surface area contributed by atoms with Gasteiger partial charge in [0.15, 0.2) is 0 Å². The van der Waals surface area contributed by atoms with Crippen LogP contribution in [0.15, 0.2) is 77.5 Å². The average molecular weight is 613 g/mol. The molecule has 2 aliphatic rings. The van der Waals surface area contributed by atoms with E-state index in [-0.39, 0.29) is 13.5 Å². The highest BCUT2D eigenvalue weighted by atomic mass is 32.2. The van der Waals surface area contributed by atoms with E-state index in [1.165, 1.54) is 78.2 Å². The molecule has 2 aliphatic heterocycles. The quantitative estimate of drug-likeness (QED) is 0.175. The number of nitrogens with two attached hydrogens (primary N) is 1. The maximum absolute atomic E-state index is 5.97. The molecular formula is C39H56N4S. The highest BCUT2D eigenvalue weighted by molar-refractivity contribution is 8.12. The first kappa shape index (κ1) is 36.8. The van der Waals surface area contributed by atoms with Crippen molar-refractivity contribution in [3.63, 3.8) is 0 Å². The van der Waals surface area contributed by atoms with E-state index in [0.29, 0.717) is 0 Å². The van der Waals surface area contributed by atoms with Crippen LogP contribution in [-0.2, 0) is 19.3 Å². The zero-order valence-electron chi connectivity index (χ0n) is 27.7. The number of hydrogen-bond donors (Lipinski definition) is 4. The molecule has 0 spiro atoms. The lowest BCUT2D eigenvalue weighted by atomic mass is 9.99. The predicted octanol–water partition coefficient (Wildman–Crippen LogP) is 10.2. The Labute approximate surface area is 272 Å². The Morgan fingerprint density at radius 3 is 2.07 bits per heavy atom. The molecule has 1 unspecified atom stereocenters. The molecule has 3 aromatic carbocycles. The SMILES string of the molecule is C.CC.CC.CCCc1c(C)[nH]c2c(C)ccc(C)c12.Cc1cc(CCc2ccccc2)ccc1C1=CC2NNC(N)=C2S1. The first-order valence-electron chi connectivity index (χ1n) is 16.0. The van der Waals surface area contributed by atoms with E-state index < -0.39 is 0 Å². The van der Waals surface area contributed by atoms with E-state index in [1.54, 1.807) is 11.8 Å². The summed E-state index contributed by atoms with van der Waals surface area (Å²) >= 11 is 1.76. The van der Waals surface area contributed by atoms with Gasteiger partial charge in [-0.2, -0.15) is 0 Å². The lowest BCUT2D eigenvalue weighted by Gasteiger charge is -2.10. The molecule has 0 radical (unpaired) electrons. The van der Waals surface area contributed by atoms with Crippen LogP contribution >= 0.6 is 11.8 Å². The van der Waals surface area contributed by atoms with Gasteiger partial charge in [0.1, 0.15) is 5.82 Å². The number of hydrazine groups is 1. The van der Waals surface area contributed by atoms with Gasteiger partial charge in [-0.3, -0.25) is 0 Å². The Bertz CT molecular complexity index is 1550. The fourth-order valence-electron chi connectivity index (χ4n) is 5.60. The number of fused-ring (bicyclic) bond motifs is 2. The second-order valence-electron chi connectivity index (χ2n) is 10.7. The van der Waals surface area contributed by atoms with Gasteiger partial charge in [0.25, 0.3) is 0 Å². The summed E-state index contributed by atoms with van der Waals surface area (Å²) in [6, 6.07) is 22.1. The van der Waals surface area contributed by atoms with Gasteiger partial charge >= 0.3 is 0 Å². The number of aromatic amines is 1. The van der Waals surface area contributed by atoms with Crippen molar-refractivity contribution in [3.8, 4) is 0 Å². The van der Waals surface area contributed by atoms with Crippen LogP contribution in [0.3, 0.4) is 0 Å². The average Bonchev–Trinajstić information content (AvgIpc) is 3.71. The van der Waals surface area contributed by atoms with Gasteiger partial charge in [-0.15, -0.1) is 0 Å². The van der Waals surface area contributed by atoms with Crippen LogP contribution < -0.4 is 16.6 Å². The van der Waals surface area contributed by atoms with Gasteiger partial charge < -0.3 is 16.1 Å². The van der Waals surface area contributed by atoms with Crippen molar-refractivity contribution >= 4 is 27.6 Å². The third-order valence-electron chi connectivity index (χ3n) is 7.74. The summed E-state index contributed by atoms with van der Waals surface area (Å²) in [6.45, 7) is 19.0. The molecule has 5 N–H and O–H groups in total.